The van der Waals surface area contributed by atoms with Crippen LogP contribution < -0.4 is 10.1 Å². The Hall–Kier alpha value is -4.75. The highest BCUT2D eigenvalue weighted by atomic mass is 35.5. The summed E-state index contributed by atoms with van der Waals surface area (Å²) in [5.74, 6) is -0.875. The van der Waals surface area contributed by atoms with Crippen LogP contribution in [0.3, 0.4) is 0 Å². The van der Waals surface area contributed by atoms with Gasteiger partial charge in [0.25, 0.3) is 11.6 Å². The van der Waals surface area contributed by atoms with Crippen molar-refractivity contribution in [2.45, 2.75) is 0 Å². The zero-order valence-electron chi connectivity index (χ0n) is 16.6. The van der Waals surface area contributed by atoms with Gasteiger partial charge in [0, 0.05) is 11.6 Å². The molecule has 0 fully saturated rings. The van der Waals surface area contributed by atoms with Gasteiger partial charge in [-0.15, -0.1) is 0 Å². The fraction of sp³-hybridized carbons (Fsp3) is 0. The van der Waals surface area contributed by atoms with Crippen molar-refractivity contribution >= 4 is 40.6 Å². The van der Waals surface area contributed by atoms with Gasteiger partial charge in [-0.25, -0.2) is 0 Å². The van der Waals surface area contributed by atoms with Gasteiger partial charge in [-0.2, -0.15) is 5.26 Å². The summed E-state index contributed by atoms with van der Waals surface area (Å²) in [4.78, 5) is 33.3. The molecule has 0 aromatic heterocycles. The van der Waals surface area contributed by atoms with Crippen LogP contribution in [-0.2, 0) is 4.79 Å². The molecule has 164 valence electrons. The lowest BCUT2D eigenvalue weighted by molar-refractivity contribution is -0.394. The van der Waals surface area contributed by atoms with E-state index >= 15 is 0 Å². The quantitative estimate of drug-likeness (QED) is 0.210. The van der Waals surface area contributed by atoms with Crippen molar-refractivity contribution in [2.24, 2.45) is 0 Å². The standard InChI is InChI=1S/C22H13ClN4O6/c23-17-6-2-3-7-18(17)25-22(28)15(13-24)11-14-5-1-4-8-20(14)33-21-10-9-16(26(29)30)12-19(21)27(31)32/h1-12H,(H,25,28)/b15-11+. The van der Waals surface area contributed by atoms with E-state index in [1.165, 1.54) is 18.2 Å². The van der Waals surface area contributed by atoms with E-state index < -0.39 is 27.1 Å². The van der Waals surface area contributed by atoms with Crippen LogP contribution >= 0.6 is 11.6 Å². The molecule has 33 heavy (non-hydrogen) atoms. The molecule has 0 atom stereocenters. The molecule has 0 saturated carbocycles. The van der Waals surface area contributed by atoms with Gasteiger partial charge in [0.15, 0.2) is 0 Å². The number of nitro benzene ring substituents is 2. The van der Waals surface area contributed by atoms with E-state index in [1.807, 2.05) is 0 Å². The second-order valence-corrected chi connectivity index (χ2v) is 6.82. The van der Waals surface area contributed by atoms with E-state index in [9.17, 15) is 30.3 Å². The maximum Gasteiger partial charge on any atom is 0.318 e. The van der Waals surface area contributed by atoms with Crippen LogP contribution in [0.2, 0.25) is 5.02 Å². The summed E-state index contributed by atoms with van der Waals surface area (Å²) in [6.45, 7) is 0. The Morgan fingerprint density at radius 1 is 1.00 bits per heavy atom. The van der Waals surface area contributed by atoms with Crippen LogP contribution in [0.5, 0.6) is 11.5 Å². The number of rotatable bonds is 7. The highest BCUT2D eigenvalue weighted by Gasteiger charge is 2.22. The largest absolute Gasteiger partial charge is 0.449 e. The molecule has 0 aliphatic rings. The van der Waals surface area contributed by atoms with Crippen LogP contribution in [-0.4, -0.2) is 15.8 Å². The first-order valence-corrected chi connectivity index (χ1v) is 9.55. The average Bonchev–Trinajstić information content (AvgIpc) is 2.79. The van der Waals surface area contributed by atoms with E-state index in [1.54, 1.807) is 42.5 Å². The molecule has 0 saturated heterocycles. The first kappa shape index (κ1) is 22.9. The molecule has 1 amide bonds. The minimum atomic E-state index is -0.807. The normalized spacial score (nSPS) is 10.7. The molecule has 10 nitrogen and oxygen atoms in total. The molecule has 0 heterocycles. The molecular weight excluding hydrogens is 452 g/mol. The lowest BCUT2D eigenvalue weighted by Crippen LogP contribution is -2.13. The van der Waals surface area contributed by atoms with Crippen LogP contribution in [0.1, 0.15) is 5.56 Å². The van der Waals surface area contributed by atoms with Gasteiger partial charge in [0.05, 0.1) is 26.6 Å². The van der Waals surface area contributed by atoms with Gasteiger partial charge < -0.3 is 10.1 Å². The molecule has 0 unspecified atom stereocenters. The second-order valence-electron chi connectivity index (χ2n) is 6.41. The van der Waals surface area contributed by atoms with Gasteiger partial charge >= 0.3 is 5.69 Å². The number of hydrogen-bond acceptors (Lipinski definition) is 7. The van der Waals surface area contributed by atoms with E-state index in [0.29, 0.717) is 5.69 Å². The van der Waals surface area contributed by atoms with Crippen LogP contribution in [0.25, 0.3) is 6.08 Å². The lowest BCUT2D eigenvalue weighted by Gasteiger charge is -2.10. The van der Waals surface area contributed by atoms with Crippen molar-refractivity contribution in [3.05, 3.63) is 103 Å². The number of nitro groups is 2. The molecule has 0 radical (unpaired) electrons. The summed E-state index contributed by atoms with van der Waals surface area (Å²) in [6, 6.07) is 17.4. The molecule has 3 aromatic rings. The number of nitriles is 1. The van der Waals surface area contributed by atoms with E-state index in [-0.39, 0.29) is 27.7 Å². The Balaban J connectivity index is 1.95. The molecule has 0 aliphatic heterocycles. The maximum atomic E-state index is 12.6. The van der Waals surface area contributed by atoms with E-state index in [2.05, 4.69) is 5.32 Å². The third-order valence-corrected chi connectivity index (χ3v) is 4.61. The van der Waals surface area contributed by atoms with Crippen molar-refractivity contribution in [3.8, 4) is 17.6 Å². The summed E-state index contributed by atoms with van der Waals surface area (Å²) in [5, 5.41) is 34.6. The van der Waals surface area contributed by atoms with Gasteiger partial charge in [-0.05, 0) is 30.3 Å². The average molecular weight is 465 g/mol. The van der Waals surface area contributed by atoms with E-state index in [0.717, 1.165) is 18.2 Å². The topological polar surface area (TPSA) is 148 Å². The zero-order chi connectivity index (χ0) is 24.0. The van der Waals surface area contributed by atoms with E-state index in [4.69, 9.17) is 16.3 Å². The number of benzene rings is 3. The number of anilines is 1. The predicted molar refractivity (Wildman–Crippen MR) is 120 cm³/mol. The number of carbonyl (C=O) groups is 1. The van der Waals surface area contributed by atoms with Gasteiger partial charge in [-0.1, -0.05) is 41.9 Å². The second kappa shape index (κ2) is 10.0. The number of hydrogen-bond donors (Lipinski definition) is 1. The van der Waals surface area contributed by atoms with Gasteiger partial charge in [-0.3, -0.25) is 25.0 Å². The number of ether oxygens (including phenoxy) is 1. The van der Waals surface area contributed by atoms with Crippen LogP contribution in [0.4, 0.5) is 17.1 Å². The zero-order valence-corrected chi connectivity index (χ0v) is 17.4. The Labute approximate surface area is 191 Å². The summed E-state index contributed by atoms with van der Waals surface area (Å²) in [6.07, 6.45) is 1.25. The van der Waals surface area contributed by atoms with Crippen molar-refractivity contribution in [1.82, 2.24) is 0 Å². The van der Waals surface area contributed by atoms with Gasteiger partial charge in [0.2, 0.25) is 5.75 Å². The first-order chi connectivity index (χ1) is 15.8. The molecule has 0 aliphatic carbocycles. The van der Waals surface area contributed by atoms with Crippen LogP contribution in [0, 0.1) is 31.6 Å². The van der Waals surface area contributed by atoms with Crippen molar-refractivity contribution in [1.29, 1.82) is 5.26 Å². The van der Waals surface area contributed by atoms with Crippen LogP contribution in [0.15, 0.2) is 72.3 Å². The van der Waals surface area contributed by atoms with Crippen molar-refractivity contribution in [2.75, 3.05) is 5.32 Å². The SMILES string of the molecule is N#C/C(=C\c1ccccc1Oc1ccc([N+](=O)[O-])cc1[N+](=O)[O-])C(=O)Nc1ccccc1Cl. The number of carbonyl (C=O) groups excluding carboxylic acids is 1. The predicted octanol–water partition coefficient (Wildman–Crippen LogP) is 5.49. The summed E-state index contributed by atoms with van der Waals surface area (Å²) >= 11 is 6.03. The Morgan fingerprint density at radius 2 is 1.70 bits per heavy atom. The minimum Gasteiger partial charge on any atom is -0.449 e. The first-order valence-electron chi connectivity index (χ1n) is 9.17. The number of nitrogens with one attached hydrogen (secondary N) is 1. The third kappa shape index (κ3) is 5.49. The molecule has 0 bridgehead atoms. The third-order valence-electron chi connectivity index (χ3n) is 4.28. The number of halogens is 1. The molecule has 3 rings (SSSR count). The highest BCUT2D eigenvalue weighted by Crippen LogP contribution is 2.36. The van der Waals surface area contributed by atoms with Crippen molar-refractivity contribution in [3.63, 3.8) is 0 Å². The summed E-state index contributed by atoms with van der Waals surface area (Å²) in [7, 11) is 0. The maximum absolute atomic E-state index is 12.6. The number of amides is 1. The highest BCUT2D eigenvalue weighted by molar-refractivity contribution is 6.34. The number of non-ortho nitro benzene ring substituents is 1. The fourth-order valence-electron chi connectivity index (χ4n) is 2.72. The smallest absolute Gasteiger partial charge is 0.318 e. The Morgan fingerprint density at radius 3 is 2.36 bits per heavy atom. The number of nitrogens with zero attached hydrogens (tertiary/aromatic N) is 3. The number of para-hydroxylation sites is 2. The van der Waals surface area contributed by atoms with Gasteiger partial charge in [0.1, 0.15) is 17.4 Å². The monoisotopic (exact) mass is 464 g/mol. The fourth-order valence-corrected chi connectivity index (χ4v) is 2.90. The minimum absolute atomic E-state index is 0.0905. The molecular formula is C22H13ClN4O6. The molecule has 11 heteroatoms. The summed E-state index contributed by atoms with van der Waals surface area (Å²) < 4.78 is 5.63. The summed E-state index contributed by atoms with van der Waals surface area (Å²) in [5.41, 5.74) is -0.762. The Bertz CT molecular complexity index is 1330. The molecule has 3 aromatic carbocycles. The molecule has 0 spiro atoms. The Kier molecular flexibility index (Phi) is 6.97. The lowest BCUT2D eigenvalue weighted by atomic mass is 10.1. The molecule has 1 N–H and O–H groups in total. The van der Waals surface area contributed by atoms with Crippen molar-refractivity contribution < 1.29 is 19.4 Å².